The Labute approximate surface area is 90.8 Å². The fraction of sp³-hybridized carbons (Fsp3) is 0.889. The molecule has 1 N–H and O–H groups in total. The molecule has 0 aromatic heterocycles. The minimum atomic E-state index is -2.45. The van der Waals surface area contributed by atoms with Crippen molar-refractivity contribution in [2.45, 2.75) is 32.8 Å². The van der Waals surface area contributed by atoms with Crippen molar-refractivity contribution in [1.29, 1.82) is 0 Å². The lowest BCUT2D eigenvalue weighted by molar-refractivity contribution is -0.152. The molecule has 0 aromatic rings. The van der Waals surface area contributed by atoms with Crippen LogP contribution < -0.4 is 0 Å². The number of hydrogen-bond donors (Lipinski definition) is 1. The molecule has 13 heavy (non-hydrogen) atoms. The van der Waals surface area contributed by atoms with Gasteiger partial charge in [-0.15, -0.1) is 0 Å². The van der Waals surface area contributed by atoms with E-state index in [0.717, 1.165) is 4.90 Å². The van der Waals surface area contributed by atoms with E-state index >= 15 is 0 Å². The highest BCUT2D eigenvalue weighted by atomic mass is 32.1. The summed E-state index contributed by atoms with van der Waals surface area (Å²) >= 11 is 0. The van der Waals surface area contributed by atoms with Gasteiger partial charge >= 0.3 is 0 Å². The second-order valence-electron chi connectivity index (χ2n) is 4.32. The summed E-state index contributed by atoms with van der Waals surface area (Å²) in [4.78, 5) is 12.6. The first-order valence-electron chi connectivity index (χ1n) is 5.54. The number of amides is 1. The van der Waals surface area contributed by atoms with Crippen LogP contribution in [0.2, 0.25) is 0 Å². The van der Waals surface area contributed by atoms with Crippen LogP contribution >= 0.6 is 13.5 Å². The minimum Gasteiger partial charge on any atom is -0.379 e. The molecule has 1 saturated heterocycles. The number of carbonyl (C=O) groups excluding carboxylic acids is 1. The highest BCUT2D eigenvalue weighted by Crippen LogP contribution is 2.38. The summed E-state index contributed by atoms with van der Waals surface area (Å²) in [6.45, 7) is 2.83. The summed E-state index contributed by atoms with van der Waals surface area (Å²) in [5.41, 5.74) is -2.20. The largest absolute Gasteiger partial charge is 0.379 e. The Kier molecular flexibility index (Phi) is 2.19. The standard InChI is InChI=1S/C9H17NO2.H2S/c1-8(2,3)9(12)5-6-10(4)7(9)11;/h12H,5-6H2,1-4H3;1H2/t9-;/m1./s1/i4D3;. The minimum absolute atomic E-state index is 0. The lowest BCUT2D eigenvalue weighted by Gasteiger charge is -2.34. The smallest absolute Gasteiger partial charge is 0.254 e. The van der Waals surface area contributed by atoms with Crippen LogP contribution in [0.5, 0.6) is 0 Å². The highest BCUT2D eigenvalue weighted by molar-refractivity contribution is 7.59. The van der Waals surface area contributed by atoms with Gasteiger partial charge in [-0.1, -0.05) is 20.8 Å². The zero-order valence-corrected chi connectivity index (χ0v) is 9.22. The van der Waals surface area contributed by atoms with Crippen molar-refractivity contribution < 1.29 is 14.0 Å². The molecule has 3 nitrogen and oxygen atoms in total. The van der Waals surface area contributed by atoms with Crippen LogP contribution in [-0.2, 0) is 4.79 Å². The Morgan fingerprint density at radius 2 is 2.15 bits per heavy atom. The van der Waals surface area contributed by atoms with Crippen molar-refractivity contribution in [2.24, 2.45) is 5.41 Å². The zero-order valence-electron chi connectivity index (χ0n) is 11.2. The molecule has 1 atom stereocenters. The molecule has 0 spiro atoms. The molecule has 1 heterocycles. The monoisotopic (exact) mass is 208 g/mol. The Bertz CT molecular complexity index is 287. The van der Waals surface area contributed by atoms with Crippen LogP contribution in [0.15, 0.2) is 0 Å². The van der Waals surface area contributed by atoms with Crippen molar-refractivity contribution in [3.8, 4) is 0 Å². The number of nitrogens with zero attached hydrogens (tertiary/aromatic N) is 1. The molecule has 0 aromatic carbocycles. The molecule has 4 heteroatoms. The zero-order chi connectivity index (χ0) is 12.1. The summed E-state index contributed by atoms with van der Waals surface area (Å²) in [5, 5.41) is 10.2. The maximum atomic E-state index is 11.8. The molecule has 0 bridgehead atoms. The molecule has 0 radical (unpaired) electrons. The summed E-state index contributed by atoms with van der Waals surface area (Å²) in [6, 6.07) is 0. The second kappa shape index (κ2) is 3.50. The van der Waals surface area contributed by atoms with Crippen LogP contribution in [0.25, 0.3) is 0 Å². The van der Waals surface area contributed by atoms with Gasteiger partial charge in [0, 0.05) is 24.1 Å². The van der Waals surface area contributed by atoms with Crippen LogP contribution in [0.3, 0.4) is 0 Å². The molecule has 0 unspecified atom stereocenters. The van der Waals surface area contributed by atoms with Gasteiger partial charge in [0.25, 0.3) is 5.91 Å². The van der Waals surface area contributed by atoms with Gasteiger partial charge in [0.15, 0.2) is 0 Å². The third-order valence-corrected chi connectivity index (χ3v) is 2.54. The van der Waals surface area contributed by atoms with Crippen molar-refractivity contribution in [2.75, 3.05) is 13.5 Å². The van der Waals surface area contributed by atoms with E-state index in [1.54, 1.807) is 20.8 Å². The van der Waals surface area contributed by atoms with Crippen molar-refractivity contribution >= 4 is 19.4 Å². The first-order chi connectivity index (χ1) is 6.50. The Morgan fingerprint density at radius 3 is 2.38 bits per heavy atom. The number of hydrogen-bond acceptors (Lipinski definition) is 2. The quantitative estimate of drug-likeness (QED) is 0.638. The summed E-state index contributed by atoms with van der Waals surface area (Å²) in [6.07, 6.45) is 0.174. The number of likely N-dealkylation sites (tertiary alicyclic amines) is 1. The molecule has 1 rings (SSSR count). The molecule has 1 aliphatic heterocycles. The average molecular weight is 208 g/mol. The number of likely N-dealkylation sites (N-methyl/N-ethyl adjacent to an activating group) is 1. The molecular weight excluding hydrogens is 186 g/mol. The van der Waals surface area contributed by atoms with E-state index in [9.17, 15) is 9.90 Å². The third kappa shape index (κ3) is 1.83. The fourth-order valence-electron chi connectivity index (χ4n) is 1.40. The van der Waals surface area contributed by atoms with Gasteiger partial charge < -0.3 is 10.0 Å². The molecule has 1 fully saturated rings. The van der Waals surface area contributed by atoms with Crippen LogP contribution in [0.4, 0.5) is 0 Å². The van der Waals surface area contributed by atoms with E-state index in [2.05, 4.69) is 0 Å². The van der Waals surface area contributed by atoms with E-state index in [4.69, 9.17) is 4.11 Å². The van der Waals surface area contributed by atoms with E-state index in [0.29, 0.717) is 0 Å². The first kappa shape index (κ1) is 8.12. The number of carbonyl (C=O) groups is 1. The van der Waals surface area contributed by atoms with Crippen LogP contribution in [-0.4, -0.2) is 35.0 Å². The Morgan fingerprint density at radius 1 is 1.62 bits per heavy atom. The Balaban J connectivity index is 0.00000225. The maximum Gasteiger partial charge on any atom is 0.254 e. The van der Waals surface area contributed by atoms with Gasteiger partial charge in [0.1, 0.15) is 5.60 Å². The molecule has 1 amide bonds. The fourth-order valence-corrected chi connectivity index (χ4v) is 1.40. The van der Waals surface area contributed by atoms with Crippen LogP contribution in [0.1, 0.15) is 31.3 Å². The lowest BCUT2D eigenvalue weighted by atomic mass is 9.75. The van der Waals surface area contributed by atoms with Gasteiger partial charge in [-0.3, -0.25) is 4.79 Å². The van der Waals surface area contributed by atoms with E-state index in [-0.39, 0.29) is 26.5 Å². The molecule has 78 valence electrons. The maximum absolute atomic E-state index is 11.8. The van der Waals surface area contributed by atoms with Crippen molar-refractivity contribution in [3.05, 3.63) is 0 Å². The molecule has 0 saturated carbocycles. The Hall–Kier alpha value is -0.220. The SMILES string of the molecule is S.[2H]C([2H])([2H])N1CC[C@](O)(C(C)(C)C)C1=O. The summed E-state index contributed by atoms with van der Waals surface area (Å²) < 4.78 is 21.5. The predicted molar refractivity (Wildman–Crippen MR) is 57.0 cm³/mol. The summed E-state index contributed by atoms with van der Waals surface area (Å²) in [5.74, 6) is -0.685. The predicted octanol–water partition coefficient (Wildman–Crippen LogP) is 0.738. The van der Waals surface area contributed by atoms with Gasteiger partial charge in [-0.2, -0.15) is 13.5 Å². The number of aliphatic hydroxyl groups is 1. The van der Waals surface area contributed by atoms with Gasteiger partial charge in [0.05, 0.1) is 0 Å². The lowest BCUT2D eigenvalue weighted by Crippen LogP contribution is -2.49. The molecular formula is C9H19NO2S. The number of rotatable bonds is 0. The van der Waals surface area contributed by atoms with Gasteiger partial charge in [0.2, 0.25) is 0 Å². The second-order valence-corrected chi connectivity index (χ2v) is 4.32. The van der Waals surface area contributed by atoms with E-state index in [1.807, 2.05) is 0 Å². The highest BCUT2D eigenvalue weighted by Gasteiger charge is 2.51. The summed E-state index contributed by atoms with van der Waals surface area (Å²) in [7, 11) is 0. The van der Waals surface area contributed by atoms with Crippen molar-refractivity contribution in [3.63, 3.8) is 0 Å². The van der Waals surface area contributed by atoms with Gasteiger partial charge in [-0.25, -0.2) is 0 Å². The van der Waals surface area contributed by atoms with E-state index < -0.39 is 23.9 Å². The third-order valence-electron chi connectivity index (χ3n) is 2.54. The normalized spacial score (nSPS) is 33.4. The van der Waals surface area contributed by atoms with Crippen LogP contribution in [0, 0.1) is 5.41 Å². The molecule has 1 aliphatic rings. The van der Waals surface area contributed by atoms with E-state index in [1.165, 1.54) is 0 Å². The average Bonchev–Trinajstić information content (AvgIpc) is 2.27. The topological polar surface area (TPSA) is 40.5 Å². The van der Waals surface area contributed by atoms with Gasteiger partial charge in [-0.05, 0) is 5.41 Å². The van der Waals surface area contributed by atoms with Crippen molar-refractivity contribution in [1.82, 2.24) is 4.90 Å². The molecule has 0 aliphatic carbocycles. The first-order valence-corrected chi connectivity index (χ1v) is 4.04.